The zero-order valence-electron chi connectivity index (χ0n) is 17.0. The highest BCUT2D eigenvalue weighted by Gasteiger charge is 2.20. The smallest absolute Gasteiger partial charge is 0.283 e. The number of para-hydroxylation sites is 1. The lowest BCUT2D eigenvalue weighted by Crippen LogP contribution is -2.17. The van der Waals surface area contributed by atoms with Crippen LogP contribution in [0.15, 0.2) is 58.3 Å². The third kappa shape index (κ3) is 3.51. The van der Waals surface area contributed by atoms with Crippen molar-refractivity contribution in [2.75, 3.05) is 5.73 Å². The summed E-state index contributed by atoms with van der Waals surface area (Å²) in [6.45, 7) is 4.18. The third-order valence-corrected chi connectivity index (χ3v) is 5.93. The Hall–Kier alpha value is -3.78. The molecular weight excluding hydrogens is 410 g/mol. The fraction of sp³-hybridized carbons (Fsp3) is 0.130. The van der Waals surface area contributed by atoms with E-state index in [-0.39, 0.29) is 12.4 Å². The lowest BCUT2D eigenvalue weighted by atomic mass is 10.0. The van der Waals surface area contributed by atoms with E-state index >= 15 is 0 Å². The fourth-order valence-electron chi connectivity index (χ4n) is 3.53. The third-order valence-electron chi connectivity index (χ3n) is 5.05. The molecule has 0 aliphatic carbocycles. The van der Waals surface area contributed by atoms with Gasteiger partial charge in [0.1, 0.15) is 18.2 Å². The number of aliphatic imine (C=N–C) groups is 1. The van der Waals surface area contributed by atoms with Crippen molar-refractivity contribution < 1.29 is 4.74 Å². The highest BCUT2D eigenvalue weighted by atomic mass is 32.1. The maximum absolute atomic E-state index is 12.7. The Labute approximate surface area is 182 Å². The SMILES string of the molecule is CC1=Nc2ccccc2C1=Cc1c(N)n2nc(COc3cccc(C)c3)sc2nc1=O. The van der Waals surface area contributed by atoms with Gasteiger partial charge < -0.3 is 10.5 Å². The number of fused-ring (bicyclic) bond motifs is 2. The average molecular weight is 430 g/mol. The van der Waals surface area contributed by atoms with Crippen LogP contribution < -0.4 is 16.0 Å². The number of hydrogen-bond donors (Lipinski definition) is 1. The number of benzene rings is 2. The molecule has 0 amide bonds. The lowest BCUT2D eigenvalue weighted by Gasteiger charge is -2.05. The zero-order valence-corrected chi connectivity index (χ0v) is 17.8. The molecule has 0 spiro atoms. The van der Waals surface area contributed by atoms with Gasteiger partial charge in [-0.3, -0.25) is 9.79 Å². The Morgan fingerprint density at radius 2 is 2.00 bits per heavy atom. The molecule has 5 rings (SSSR count). The predicted octanol–water partition coefficient (Wildman–Crippen LogP) is 4.27. The summed E-state index contributed by atoms with van der Waals surface area (Å²) in [6, 6.07) is 15.6. The molecule has 3 heterocycles. The van der Waals surface area contributed by atoms with E-state index < -0.39 is 5.56 Å². The predicted molar refractivity (Wildman–Crippen MR) is 124 cm³/mol. The van der Waals surface area contributed by atoms with Crippen LogP contribution in [0.5, 0.6) is 5.75 Å². The van der Waals surface area contributed by atoms with Crippen LogP contribution in [0.2, 0.25) is 0 Å². The van der Waals surface area contributed by atoms with Gasteiger partial charge in [0.2, 0.25) is 4.96 Å². The molecule has 2 aromatic carbocycles. The molecule has 4 aromatic rings. The van der Waals surface area contributed by atoms with Crippen molar-refractivity contribution in [3.8, 4) is 5.75 Å². The summed E-state index contributed by atoms with van der Waals surface area (Å²) in [4.78, 5) is 21.9. The van der Waals surface area contributed by atoms with Crippen molar-refractivity contribution in [1.29, 1.82) is 0 Å². The molecule has 1 aliphatic heterocycles. The van der Waals surface area contributed by atoms with E-state index in [9.17, 15) is 4.79 Å². The normalized spacial score (nSPS) is 14.1. The van der Waals surface area contributed by atoms with Crippen LogP contribution in [0.4, 0.5) is 11.5 Å². The Morgan fingerprint density at radius 3 is 2.84 bits per heavy atom. The molecule has 31 heavy (non-hydrogen) atoms. The Balaban J connectivity index is 1.51. The minimum Gasteiger partial charge on any atom is -0.486 e. The van der Waals surface area contributed by atoms with E-state index in [0.29, 0.717) is 15.5 Å². The van der Waals surface area contributed by atoms with Gasteiger partial charge in [0.05, 0.1) is 11.3 Å². The molecule has 0 fully saturated rings. The summed E-state index contributed by atoms with van der Waals surface area (Å²) in [5.74, 6) is 1.01. The second-order valence-corrected chi connectivity index (χ2v) is 8.32. The van der Waals surface area contributed by atoms with E-state index in [1.807, 2.05) is 62.4 Å². The van der Waals surface area contributed by atoms with Crippen molar-refractivity contribution in [3.05, 3.63) is 80.6 Å². The first-order valence-electron chi connectivity index (χ1n) is 9.74. The second kappa shape index (κ2) is 7.48. The molecular formula is C23H19N5O2S. The minimum atomic E-state index is -0.392. The first-order valence-corrected chi connectivity index (χ1v) is 10.6. The molecule has 0 radical (unpaired) electrons. The minimum absolute atomic E-state index is 0.248. The van der Waals surface area contributed by atoms with Crippen molar-refractivity contribution in [3.63, 3.8) is 0 Å². The summed E-state index contributed by atoms with van der Waals surface area (Å²) >= 11 is 1.28. The molecule has 1 aliphatic rings. The van der Waals surface area contributed by atoms with Gasteiger partial charge in [-0.25, -0.2) is 0 Å². The molecule has 154 valence electrons. The average Bonchev–Trinajstić information content (AvgIpc) is 3.30. The summed E-state index contributed by atoms with van der Waals surface area (Å²) in [7, 11) is 0. The lowest BCUT2D eigenvalue weighted by molar-refractivity contribution is 0.304. The first-order chi connectivity index (χ1) is 15.0. The van der Waals surface area contributed by atoms with Gasteiger partial charge in [-0.2, -0.15) is 14.6 Å². The van der Waals surface area contributed by atoms with E-state index in [0.717, 1.165) is 33.8 Å². The van der Waals surface area contributed by atoms with E-state index in [2.05, 4.69) is 15.1 Å². The van der Waals surface area contributed by atoms with Gasteiger partial charge in [-0.05, 0) is 43.7 Å². The van der Waals surface area contributed by atoms with Crippen molar-refractivity contribution in [2.24, 2.45) is 4.99 Å². The van der Waals surface area contributed by atoms with Gasteiger partial charge in [0.15, 0.2) is 5.01 Å². The van der Waals surface area contributed by atoms with E-state index in [1.54, 1.807) is 6.08 Å². The molecule has 8 heteroatoms. The van der Waals surface area contributed by atoms with Crippen LogP contribution >= 0.6 is 11.3 Å². The number of nitrogens with zero attached hydrogens (tertiary/aromatic N) is 4. The number of aromatic nitrogens is 3. The molecule has 0 atom stereocenters. The standard InChI is InChI=1S/C23H19N5O2S/c1-13-6-5-7-15(10-13)30-12-20-27-28-21(24)18(22(29)26-23(28)31-20)11-17-14(2)25-19-9-4-3-8-16(17)19/h3-11H,12,24H2,1-2H3. The maximum atomic E-state index is 12.7. The maximum Gasteiger partial charge on any atom is 0.283 e. The van der Waals surface area contributed by atoms with Crippen molar-refractivity contribution in [1.82, 2.24) is 14.6 Å². The highest BCUT2D eigenvalue weighted by Crippen LogP contribution is 2.35. The summed E-state index contributed by atoms with van der Waals surface area (Å²) in [6.07, 6.45) is 1.75. The Morgan fingerprint density at radius 1 is 1.16 bits per heavy atom. The number of nitrogens with two attached hydrogens (primary N) is 1. The van der Waals surface area contributed by atoms with Gasteiger partial charge in [0, 0.05) is 16.8 Å². The number of nitrogen functional groups attached to an aromatic ring is 1. The van der Waals surface area contributed by atoms with Crippen LogP contribution in [-0.4, -0.2) is 20.3 Å². The molecule has 0 saturated carbocycles. The van der Waals surface area contributed by atoms with Crippen molar-refractivity contribution >= 4 is 45.2 Å². The molecule has 2 aromatic heterocycles. The monoisotopic (exact) mass is 429 g/mol. The number of hydrogen-bond acceptors (Lipinski definition) is 7. The molecule has 7 nitrogen and oxygen atoms in total. The number of rotatable bonds is 4. The zero-order chi connectivity index (χ0) is 21.5. The summed E-state index contributed by atoms with van der Waals surface area (Å²) in [5.41, 5.74) is 10.9. The summed E-state index contributed by atoms with van der Waals surface area (Å²) < 4.78 is 7.32. The molecule has 0 saturated heterocycles. The number of anilines is 1. The molecule has 0 unspecified atom stereocenters. The Bertz CT molecular complexity index is 1450. The van der Waals surface area contributed by atoms with Crippen LogP contribution in [0.25, 0.3) is 16.6 Å². The Kier molecular flexibility index (Phi) is 4.63. The second-order valence-electron chi connectivity index (χ2n) is 7.28. The van der Waals surface area contributed by atoms with Gasteiger partial charge in [-0.15, -0.1) is 0 Å². The van der Waals surface area contributed by atoms with Crippen LogP contribution in [-0.2, 0) is 6.61 Å². The summed E-state index contributed by atoms with van der Waals surface area (Å²) in [5, 5.41) is 5.19. The quantitative estimate of drug-likeness (QED) is 0.523. The van der Waals surface area contributed by atoms with E-state index in [1.165, 1.54) is 15.9 Å². The van der Waals surface area contributed by atoms with Crippen LogP contribution in [0, 0.1) is 6.92 Å². The number of ether oxygens (including phenoxy) is 1. The number of aryl methyl sites for hydroxylation is 1. The van der Waals surface area contributed by atoms with Gasteiger partial charge >= 0.3 is 0 Å². The van der Waals surface area contributed by atoms with Crippen molar-refractivity contribution in [2.45, 2.75) is 20.5 Å². The fourth-order valence-corrected chi connectivity index (χ4v) is 4.33. The topological polar surface area (TPSA) is 94.9 Å². The number of allylic oxidation sites excluding steroid dienone is 1. The van der Waals surface area contributed by atoms with E-state index in [4.69, 9.17) is 10.5 Å². The molecule has 2 N–H and O–H groups in total. The first kappa shape index (κ1) is 19.2. The largest absolute Gasteiger partial charge is 0.486 e. The van der Waals surface area contributed by atoms with Crippen LogP contribution in [0.3, 0.4) is 0 Å². The highest BCUT2D eigenvalue weighted by molar-refractivity contribution is 7.16. The molecule has 0 bridgehead atoms. The van der Waals surface area contributed by atoms with Crippen LogP contribution in [0.1, 0.15) is 28.6 Å². The van der Waals surface area contributed by atoms with Gasteiger partial charge in [-0.1, -0.05) is 41.7 Å². The van der Waals surface area contributed by atoms with Gasteiger partial charge in [0.25, 0.3) is 5.56 Å².